The molecule has 0 aliphatic carbocycles. The molecule has 3 nitrogen and oxygen atoms in total. The lowest BCUT2D eigenvalue weighted by molar-refractivity contribution is 0.260. The first-order chi connectivity index (χ1) is 3.60. The van der Waals surface area contributed by atoms with E-state index < -0.39 is 6.20 Å². The topological polar surface area (TPSA) is 45.0 Å². The van der Waals surface area contributed by atoms with E-state index in [0.717, 1.165) is 6.21 Å². The van der Waals surface area contributed by atoms with Crippen LogP contribution < -0.4 is 0 Å². The van der Waals surface area contributed by atoms with E-state index in [4.69, 9.17) is 7.85 Å². The van der Waals surface area contributed by atoms with Crippen LogP contribution in [-0.2, 0) is 0 Å². The van der Waals surface area contributed by atoms with Gasteiger partial charge in [-0.15, -0.1) is 0 Å². The number of aliphatic hydroxyl groups is 1. The van der Waals surface area contributed by atoms with Crippen molar-refractivity contribution < 1.29 is 7.85 Å². The molecule has 0 saturated heterocycles. The van der Waals surface area contributed by atoms with E-state index in [9.17, 15) is 0 Å². The predicted molar refractivity (Wildman–Crippen MR) is 23.0 cm³/mol. The van der Waals surface area contributed by atoms with E-state index in [1.165, 1.54) is 0 Å². The van der Waals surface area contributed by atoms with Crippen LogP contribution in [0.2, 0.25) is 0 Å². The summed E-state index contributed by atoms with van der Waals surface area (Å²) in [5, 5.41) is 8.57. The number of rotatable bonds is 0. The summed E-state index contributed by atoms with van der Waals surface area (Å²) in [4.78, 5) is 6.35. The van der Waals surface area contributed by atoms with E-state index in [0.29, 0.717) is 0 Å². The largest absolute Gasteiger partial charge is 0.367 e. The van der Waals surface area contributed by atoms with Crippen molar-refractivity contribution in [1.29, 1.82) is 0 Å². The zero-order chi connectivity index (χ0) is 6.20. The van der Waals surface area contributed by atoms with Gasteiger partial charge in [-0.2, -0.15) is 0 Å². The van der Waals surface area contributed by atoms with Crippen LogP contribution in [0.1, 0.15) is 2.74 Å². The van der Waals surface area contributed by atoms with Crippen molar-refractivity contribution >= 4 is 12.5 Å². The molecule has 6 heavy (non-hydrogen) atoms. The fourth-order valence-electron chi connectivity index (χ4n) is 0.196. The minimum atomic E-state index is -1.98. The molecule has 0 aromatic rings. The normalized spacial score (nSPS) is 47.8. The molecule has 32 valence electrons. The number of hydrogen-bond acceptors (Lipinski definition) is 3. The summed E-state index contributed by atoms with van der Waals surface area (Å²) in [6, 6.07) is 0. The molecule has 1 rings (SSSR count). The summed E-state index contributed by atoms with van der Waals surface area (Å²) < 4.78 is 13.4. The molecule has 0 bridgehead atoms. The lowest BCUT2D eigenvalue weighted by Gasteiger charge is -1.81. The van der Waals surface area contributed by atoms with Gasteiger partial charge in [0.15, 0.2) is 6.20 Å². The van der Waals surface area contributed by atoms with E-state index >= 15 is 0 Å². The highest BCUT2D eigenvalue weighted by Crippen LogP contribution is 1.83. The molecule has 0 radical (unpaired) electrons. The van der Waals surface area contributed by atoms with E-state index in [1.807, 2.05) is 0 Å². The SMILES string of the molecule is [2H]C1=NC([2H])(O)C=N1. The maximum absolute atomic E-state index is 8.57. The maximum atomic E-state index is 8.57. The van der Waals surface area contributed by atoms with Crippen molar-refractivity contribution in [3.05, 3.63) is 0 Å². The summed E-state index contributed by atoms with van der Waals surface area (Å²) in [5.74, 6) is 0. The minimum absolute atomic E-state index is 0.303. The van der Waals surface area contributed by atoms with Gasteiger partial charge in [-0.05, 0) is 0 Å². The fourth-order valence-corrected chi connectivity index (χ4v) is 0.196. The first kappa shape index (κ1) is 1.84. The molecule has 1 heterocycles. The molecule has 1 unspecified atom stereocenters. The molecule has 1 N–H and O–H groups in total. The number of nitrogens with zero attached hydrogens (tertiary/aromatic N) is 2. The molecule has 1 aliphatic rings. The highest BCUT2D eigenvalue weighted by Gasteiger charge is 1.94. The Kier molecular flexibility index (Phi) is 0.362. The van der Waals surface area contributed by atoms with Gasteiger partial charge >= 0.3 is 0 Å². The van der Waals surface area contributed by atoms with Crippen molar-refractivity contribution in [2.24, 2.45) is 9.98 Å². The van der Waals surface area contributed by atoms with E-state index in [1.54, 1.807) is 0 Å². The predicted octanol–water partition coefficient (Wildman–Crippen LogP) is -0.583. The van der Waals surface area contributed by atoms with Crippen LogP contribution in [0.25, 0.3) is 0 Å². The second-order valence-electron chi connectivity index (χ2n) is 0.828. The van der Waals surface area contributed by atoms with Crippen LogP contribution in [0.5, 0.6) is 0 Å². The van der Waals surface area contributed by atoms with Crippen LogP contribution in [0.15, 0.2) is 9.98 Å². The first-order valence-corrected chi connectivity index (χ1v) is 1.44. The Hall–Kier alpha value is -0.700. The molecule has 0 aromatic carbocycles. The zero-order valence-electron chi connectivity index (χ0n) is 4.92. The maximum Gasteiger partial charge on any atom is 0.183 e. The number of aliphatic imine (C=N–C) groups is 2. The molecule has 0 aromatic heterocycles. The Morgan fingerprint density at radius 3 is 3.17 bits per heavy atom. The van der Waals surface area contributed by atoms with Gasteiger partial charge in [0.05, 0.1) is 7.59 Å². The van der Waals surface area contributed by atoms with Gasteiger partial charge in [0.1, 0.15) is 7.69 Å². The van der Waals surface area contributed by atoms with Crippen molar-refractivity contribution in [1.82, 2.24) is 0 Å². The van der Waals surface area contributed by atoms with E-state index in [-0.39, 0.29) is 6.31 Å². The second kappa shape index (κ2) is 1.18. The third-order valence-electron chi connectivity index (χ3n) is 0.402. The molecular weight excluding hydrogens is 80.0 g/mol. The van der Waals surface area contributed by atoms with Crippen LogP contribution >= 0.6 is 0 Å². The van der Waals surface area contributed by atoms with Crippen molar-refractivity contribution in [3.63, 3.8) is 0 Å². The van der Waals surface area contributed by atoms with Crippen LogP contribution in [0.3, 0.4) is 0 Å². The molecule has 1 atom stereocenters. The van der Waals surface area contributed by atoms with E-state index in [2.05, 4.69) is 9.98 Å². The van der Waals surface area contributed by atoms with Gasteiger partial charge in [-0.25, -0.2) is 9.98 Å². The Bertz CT molecular complexity index is 163. The zero-order valence-corrected chi connectivity index (χ0v) is 2.92. The van der Waals surface area contributed by atoms with Gasteiger partial charge < -0.3 is 5.11 Å². The van der Waals surface area contributed by atoms with Gasteiger partial charge in [0, 0.05) is 0 Å². The molecule has 0 saturated carbocycles. The smallest absolute Gasteiger partial charge is 0.183 e. The summed E-state index contributed by atoms with van der Waals surface area (Å²) in [6.07, 6.45) is -1.38. The van der Waals surface area contributed by atoms with Gasteiger partial charge in [-0.3, -0.25) is 0 Å². The van der Waals surface area contributed by atoms with Crippen molar-refractivity contribution in [2.75, 3.05) is 0 Å². The van der Waals surface area contributed by atoms with Crippen LogP contribution in [0, 0.1) is 0 Å². The third kappa shape index (κ3) is 0.440. The molecule has 0 amide bonds. The van der Waals surface area contributed by atoms with Gasteiger partial charge in [-0.1, -0.05) is 0 Å². The minimum Gasteiger partial charge on any atom is -0.367 e. The Balaban J connectivity index is 2.84. The highest BCUT2D eigenvalue weighted by molar-refractivity contribution is 5.80. The first-order valence-electron chi connectivity index (χ1n) is 2.44. The monoisotopic (exact) mass is 86.0 g/mol. The summed E-state index contributed by atoms with van der Waals surface area (Å²) in [6.45, 7) is 0. The molecule has 0 fully saturated rings. The molecule has 0 spiro atoms. The lowest BCUT2D eigenvalue weighted by atomic mass is 10.7. The highest BCUT2D eigenvalue weighted by atomic mass is 16.3. The second-order valence-corrected chi connectivity index (χ2v) is 0.828. The lowest BCUT2D eigenvalue weighted by Crippen LogP contribution is -1.96. The Labute approximate surface area is 37.9 Å². The molecule has 3 heteroatoms. The van der Waals surface area contributed by atoms with Crippen molar-refractivity contribution in [3.8, 4) is 0 Å². The Morgan fingerprint density at radius 1 is 2.17 bits per heavy atom. The molecule has 1 aliphatic heterocycles. The third-order valence-corrected chi connectivity index (χ3v) is 0.402. The molecular formula is C3H4N2O. The average Bonchev–Trinajstić information content (AvgIpc) is 1.82. The summed E-state index contributed by atoms with van der Waals surface area (Å²) >= 11 is 0. The standard InChI is InChI=1S/C3H4N2O/c6-3-1-4-2-5-3/h1-3,6H/i2D,3D. The summed E-state index contributed by atoms with van der Waals surface area (Å²) in [5.41, 5.74) is 0. The average molecular weight is 86.1 g/mol. The van der Waals surface area contributed by atoms with Crippen LogP contribution in [0.4, 0.5) is 0 Å². The van der Waals surface area contributed by atoms with Crippen molar-refractivity contribution in [2.45, 2.75) is 6.20 Å². The number of hydrogen-bond donors (Lipinski definition) is 1. The number of amidine groups is 1. The van der Waals surface area contributed by atoms with Gasteiger partial charge in [0.25, 0.3) is 0 Å². The summed E-state index contributed by atoms with van der Waals surface area (Å²) in [7, 11) is 0. The fraction of sp³-hybridized carbons (Fsp3) is 0.333. The van der Waals surface area contributed by atoms with Crippen LogP contribution in [-0.4, -0.2) is 23.8 Å². The Morgan fingerprint density at radius 2 is 3.00 bits per heavy atom. The quantitative estimate of drug-likeness (QED) is 0.421. The van der Waals surface area contributed by atoms with Gasteiger partial charge in [0.2, 0.25) is 0 Å².